The lowest BCUT2D eigenvalue weighted by atomic mass is 9.99. The summed E-state index contributed by atoms with van der Waals surface area (Å²) in [6, 6.07) is 3.01. The van der Waals surface area contributed by atoms with E-state index in [4.69, 9.17) is 40.5 Å². The lowest BCUT2D eigenvalue weighted by Gasteiger charge is -2.34. The van der Waals surface area contributed by atoms with Crippen LogP contribution in [-0.2, 0) is 9.59 Å². The summed E-state index contributed by atoms with van der Waals surface area (Å²) in [6.07, 6.45) is 3.16. The first-order valence-corrected chi connectivity index (χ1v) is 8.47. The van der Waals surface area contributed by atoms with Gasteiger partial charge in [-0.1, -0.05) is 41.2 Å². The Hall–Kier alpha value is -1.01. The molecule has 2 amide bonds. The van der Waals surface area contributed by atoms with Gasteiger partial charge in [-0.2, -0.15) is 0 Å². The molecule has 5 nitrogen and oxygen atoms in total. The molecular formula is C15H18Cl3N3O2. The van der Waals surface area contributed by atoms with Gasteiger partial charge in [-0.25, -0.2) is 0 Å². The Labute approximate surface area is 150 Å². The zero-order chi connectivity index (χ0) is 17.0. The third-order valence-corrected chi connectivity index (χ3v) is 4.85. The summed E-state index contributed by atoms with van der Waals surface area (Å²) in [6.45, 7) is 0.939. The molecule has 8 heteroatoms. The maximum absolute atomic E-state index is 12.3. The van der Waals surface area contributed by atoms with E-state index in [1.54, 1.807) is 0 Å². The first-order chi connectivity index (χ1) is 10.9. The van der Waals surface area contributed by atoms with E-state index in [0.717, 1.165) is 25.8 Å². The van der Waals surface area contributed by atoms with Crippen LogP contribution in [0.2, 0.25) is 15.1 Å². The summed E-state index contributed by atoms with van der Waals surface area (Å²) >= 11 is 17.9. The summed E-state index contributed by atoms with van der Waals surface area (Å²) in [7, 11) is 0. The zero-order valence-electron chi connectivity index (χ0n) is 12.4. The van der Waals surface area contributed by atoms with Gasteiger partial charge in [-0.15, -0.1) is 0 Å². The molecular weight excluding hydrogens is 361 g/mol. The highest BCUT2D eigenvalue weighted by Crippen LogP contribution is 2.32. The normalized spacial score (nSPS) is 18.7. The lowest BCUT2D eigenvalue weighted by molar-refractivity contribution is -0.122. The largest absolute Gasteiger partial charge is 0.370 e. The van der Waals surface area contributed by atoms with Crippen LogP contribution in [0.4, 0.5) is 5.69 Å². The second-order valence-electron chi connectivity index (χ2n) is 5.58. The number of amides is 2. The van der Waals surface area contributed by atoms with Gasteiger partial charge in [0.25, 0.3) is 0 Å². The second-order valence-corrected chi connectivity index (χ2v) is 6.81. The summed E-state index contributed by atoms with van der Waals surface area (Å²) in [4.78, 5) is 25.4. The number of piperidine rings is 1. The average Bonchev–Trinajstić information content (AvgIpc) is 2.46. The first-order valence-electron chi connectivity index (χ1n) is 7.33. The number of nitrogens with one attached hydrogen (secondary N) is 1. The molecule has 0 spiro atoms. The van der Waals surface area contributed by atoms with Crippen molar-refractivity contribution in [2.24, 2.45) is 5.73 Å². The van der Waals surface area contributed by atoms with Gasteiger partial charge in [0.1, 0.15) is 0 Å². The Bertz CT molecular complexity index is 610. The number of nitrogens with two attached hydrogens (primary N) is 1. The number of anilines is 1. The van der Waals surface area contributed by atoms with Gasteiger partial charge >= 0.3 is 0 Å². The summed E-state index contributed by atoms with van der Waals surface area (Å²) in [5, 5.41) is 3.69. The van der Waals surface area contributed by atoms with E-state index in [1.807, 2.05) is 4.90 Å². The van der Waals surface area contributed by atoms with Gasteiger partial charge in [-0.3, -0.25) is 14.5 Å². The zero-order valence-corrected chi connectivity index (χ0v) is 14.7. The monoisotopic (exact) mass is 377 g/mol. The Balaban J connectivity index is 2.00. The predicted octanol–water partition coefficient (Wildman–Crippen LogP) is 3.32. The first kappa shape index (κ1) is 18.3. The quantitative estimate of drug-likeness (QED) is 0.772. The van der Waals surface area contributed by atoms with Gasteiger partial charge in [-0.05, 0) is 31.5 Å². The fourth-order valence-electron chi connectivity index (χ4n) is 2.72. The lowest BCUT2D eigenvalue weighted by Crippen LogP contribution is -2.45. The highest BCUT2D eigenvalue weighted by molar-refractivity contribution is 6.44. The summed E-state index contributed by atoms with van der Waals surface area (Å²) in [5.74, 6) is -0.573. The fourth-order valence-corrected chi connectivity index (χ4v) is 3.32. The molecule has 1 aliphatic heterocycles. The van der Waals surface area contributed by atoms with Crippen LogP contribution in [0, 0.1) is 0 Å². The van der Waals surface area contributed by atoms with Crippen molar-refractivity contribution in [2.45, 2.75) is 31.7 Å². The number of primary amides is 1. The van der Waals surface area contributed by atoms with Gasteiger partial charge in [0.05, 0.1) is 27.3 Å². The molecule has 0 radical (unpaired) electrons. The van der Waals surface area contributed by atoms with E-state index < -0.39 is 0 Å². The van der Waals surface area contributed by atoms with Crippen molar-refractivity contribution in [1.82, 2.24) is 4.90 Å². The Morgan fingerprint density at radius 2 is 1.87 bits per heavy atom. The molecule has 0 aromatic heterocycles. The van der Waals surface area contributed by atoms with Crippen LogP contribution in [-0.4, -0.2) is 35.8 Å². The molecule has 0 saturated carbocycles. The highest BCUT2D eigenvalue weighted by atomic mass is 35.5. The molecule has 1 aliphatic rings. The minimum Gasteiger partial charge on any atom is -0.370 e. The molecule has 126 valence electrons. The number of likely N-dealkylation sites (tertiary alicyclic amines) is 1. The SMILES string of the molecule is NC(=O)CC1CCCCN1CC(=O)Nc1cc(Cl)c(Cl)cc1Cl. The van der Waals surface area contributed by atoms with Crippen LogP contribution in [0.3, 0.4) is 0 Å². The summed E-state index contributed by atoms with van der Waals surface area (Å²) < 4.78 is 0. The Morgan fingerprint density at radius 3 is 2.57 bits per heavy atom. The maximum atomic E-state index is 12.3. The molecule has 1 heterocycles. The average molecular weight is 379 g/mol. The van der Waals surface area contributed by atoms with Gasteiger partial charge < -0.3 is 11.1 Å². The molecule has 23 heavy (non-hydrogen) atoms. The molecule has 3 N–H and O–H groups in total. The Kier molecular flexibility index (Phi) is 6.53. The van der Waals surface area contributed by atoms with Gasteiger partial charge in [0.15, 0.2) is 0 Å². The fraction of sp³-hybridized carbons (Fsp3) is 0.467. The van der Waals surface area contributed by atoms with Crippen molar-refractivity contribution in [3.8, 4) is 0 Å². The predicted molar refractivity (Wildman–Crippen MR) is 93.1 cm³/mol. The molecule has 1 saturated heterocycles. The van der Waals surface area contributed by atoms with Crippen LogP contribution < -0.4 is 11.1 Å². The molecule has 2 rings (SSSR count). The van der Waals surface area contributed by atoms with Crippen molar-refractivity contribution < 1.29 is 9.59 Å². The number of hydrogen-bond donors (Lipinski definition) is 2. The van der Waals surface area contributed by atoms with E-state index in [9.17, 15) is 9.59 Å². The van der Waals surface area contributed by atoms with E-state index in [0.29, 0.717) is 20.8 Å². The molecule has 0 bridgehead atoms. The summed E-state index contributed by atoms with van der Waals surface area (Å²) in [5.41, 5.74) is 5.69. The molecule has 1 aromatic rings. The molecule has 1 aromatic carbocycles. The number of hydrogen-bond acceptors (Lipinski definition) is 3. The van der Waals surface area contributed by atoms with E-state index in [-0.39, 0.29) is 30.8 Å². The second kappa shape index (κ2) is 8.20. The maximum Gasteiger partial charge on any atom is 0.238 e. The smallest absolute Gasteiger partial charge is 0.238 e. The van der Waals surface area contributed by atoms with E-state index in [2.05, 4.69) is 5.32 Å². The molecule has 0 aliphatic carbocycles. The van der Waals surface area contributed by atoms with Gasteiger partial charge in [0, 0.05) is 12.5 Å². The van der Waals surface area contributed by atoms with Crippen molar-refractivity contribution >= 4 is 52.3 Å². The number of nitrogens with zero attached hydrogens (tertiary/aromatic N) is 1. The minimum atomic E-state index is -0.352. The van der Waals surface area contributed by atoms with Crippen LogP contribution in [0.15, 0.2) is 12.1 Å². The Morgan fingerprint density at radius 1 is 1.17 bits per heavy atom. The van der Waals surface area contributed by atoms with Crippen molar-refractivity contribution in [1.29, 1.82) is 0 Å². The van der Waals surface area contributed by atoms with Crippen LogP contribution >= 0.6 is 34.8 Å². The number of rotatable bonds is 5. The topological polar surface area (TPSA) is 75.4 Å². The third kappa shape index (κ3) is 5.24. The van der Waals surface area contributed by atoms with E-state index in [1.165, 1.54) is 12.1 Å². The van der Waals surface area contributed by atoms with Gasteiger partial charge in [0.2, 0.25) is 11.8 Å². The number of halogens is 3. The standard InChI is InChI=1S/C15H18Cl3N3O2/c16-10-6-12(18)13(7-11(10)17)20-15(23)8-21-4-2-1-3-9(21)5-14(19)22/h6-7,9H,1-5,8H2,(H2,19,22)(H,20,23). The number of carbonyl (C=O) groups is 2. The molecule has 1 fully saturated rings. The molecule has 1 unspecified atom stereocenters. The van der Waals surface area contributed by atoms with E-state index >= 15 is 0 Å². The van der Waals surface area contributed by atoms with Crippen molar-refractivity contribution in [3.63, 3.8) is 0 Å². The van der Waals surface area contributed by atoms with Crippen LogP contribution in [0.5, 0.6) is 0 Å². The highest BCUT2D eigenvalue weighted by Gasteiger charge is 2.25. The molecule has 1 atom stereocenters. The van der Waals surface area contributed by atoms with Crippen molar-refractivity contribution in [2.75, 3.05) is 18.4 Å². The third-order valence-electron chi connectivity index (χ3n) is 3.82. The van der Waals surface area contributed by atoms with Crippen LogP contribution in [0.1, 0.15) is 25.7 Å². The number of carbonyl (C=O) groups excluding carboxylic acids is 2. The van der Waals surface area contributed by atoms with Crippen molar-refractivity contribution in [3.05, 3.63) is 27.2 Å². The number of benzene rings is 1. The van der Waals surface area contributed by atoms with Crippen LogP contribution in [0.25, 0.3) is 0 Å². The minimum absolute atomic E-state index is 0.0104.